The van der Waals surface area contributed by atoms with Crippen LogP contribution in [0.1, 0.15) is 18.4 Å². The molecule has 5 nitrogen and oxygen atoms in total. The maximum Gasteiger partial charge on any atom is 0.220 e. The molecular weight excluding hydrogens is 254 g/mol. The number of aryl methyl sites for hydroxylation is 1. The van der Waals surface area contributed by atoms with Gasteiger partial charge in [-0.05, 0) is 31.0 Å². The molecule has 2 heterocycles. The molecule has 0 radical (unpaired) electrons. The molecule has 0 spiro atoms. The zero-order chi connectivity index (χ0) is 14.0. The van der Waals surface area contributed by atoms with Crippen LogP contribution in [0.25, 0.3) is 0 Å². The third-order valence-electron chi connectivity index (χ3n) is 3.44. The number of nitrogens with zero attached hydrogens (tertiary/aromatic N) is 2. The first kappa shape index (κ1) is 14.9. The Balaban J connectivity index is 1.51. The Hall–Kier alpha value is -1.46. The first-order valence-electron chi connectivity index (χ1n) is 7.30. The van der Waals surface area contributed by atoms with Crippen LogP contribution in [-0.2, 0) is 16.0 Å². The van der Waals surface area contributed by atoms with Crippen LogP contribution in [0.5, 0.6) is 0 Å². The number of rotatable bonds is 7. The summed E-state index contributed by atoms with van der Waals surface area (Å²) in [5.74, 6) is 0.121. The summed E-state index contributed by atoms with van der Waals surface area (Å²) in [6.07, 6.45) is 5.84. The second-order valence-corrected chi connectivity index (χ2v) is 5.02. The zero-order valence-corrected chi connectivity index (χ0v) is 11.9. The molecule has 1 fully saturated rings. The van der Waals surface area contributed by atoms with Gasteiger partial charge in [0.25, 0.3) is 0 Å². The Bertz CT molecular complexity index is 391. The molecule has 0 bridgehead atoms. The van der Waals surface area contributed by atoms with Crippen molar-refractivity contribution in [3.8, 4) is 0 Å². The molecule has 1 N–H and O–H groups in total. The van der Waals surface area contributed by atoms with Gasteiger partial charge in [-0.25, -0.2) is 0 Å². The third kappa shape index (κ3) is 5.67. The highest BCUT2D eigenvalue weighted by Crippen LogP contribution is 2.00. The lowest BCUT2D eigenvalue weighted by Gasteiger charge is -2.26. The van der Waals surface area contributed by atoms with Crippen LogP contribution < -0.4 is 5.32 Å². The first-order chi connectivity index (χ1) is 9.84. The molecule has 0 atom stereocenters. The summed E-state index contributed by atoms with van der Waals surface area (Å²) in [5.41, 5.74) is 1.11. The van der Waals surface area contributed by atoms with Crippen LogP contribution in [0, 0.1) is 0 Å². The maximum atomic E-state index is 11.7. The van der Waals surface area contributed by atoms with Gasteiger partial charge >= 0.3 is 0 Å². The fourth-order valence-corrected chi connectivity index (χ4v) is 2.25. The monoisotopic (exact) mass is 277 g/mol. The van der Waals surface area contributed by atoms with E-state index in [-0.39, 0.29) is 5.91 Å². The summed E-state index contributed by atoms with van der Waals surface area (Å²) >= 11 is 0. The molecule has 5 heteroatoms. The van der Waals surface area contributed by atoms with E-state index in [1.54, 1.807) is 6.20 Å². The Kier molecular flexibility index (Phi) is 6.47. The van der Waals surface area contributed by atoms with Crippen molar-refractivity contribution in [3.63, 3.8) is 0 Å². The SMILES string of the molecule is O=C(CCc1cccnc1)NCCCN1CCOCC1. The van der Waals surface area contributed by atoms with Crippen molar-refractivity contribution in [3.05, 3.63) is 30.1 Å². The number of aromatic nitrogens is 1. The lowest BCUT2D eigenvalue weighted by atomic mass is 10.1. The molecule has 1 aliphatic heterocycles. The van der Waals surface area contributed by atoms with E-state index < -0.39 is 0 Å². The molecule has 0 aliphatic carbocycles. The molecule has 1 aromatic rings. The highest BCUT2D eigenvalue weighted by Gasteiger charge is 2.09. The lowest BCUT2D eigenvalue weighted by molar-refractivity contribution is -0.121. The fourth-order valence-electron chi connectivity index (χ4n) is 2.25. The molecule has 110 valence electrons. The van der Waals surface area contributed by atoms with E-state index in [1.807, 2.05) is 18.3 Å². The van der Waals surface area contributed by atoms with E-state index in [4.69, 9.17) is 4.74 Å². The summed E-state index contributed by atoms with van der Waals surface area (Å²) in [4.78, 5) is 18.1. The molecule has 1 aromatic heterocycles. The fraction of sp³-hybridized carbons (Fsp3) is 0.600. The average molecular weight is 277 g/mol. The molecule has 0 aromatic carbocycles. The van der Waals surface area contributed by atoms with E-state index in [0.29, 0.717) is 6.42 Å². The number of carbonyl (C=O) groups excluding carboxylic acids is 1. The number of hydrogen-bond donors (Lipinski definition) is 1. The van der Waals surface area contributed by atoms with E-state index in [2.05, 4.69) is 15.2 Å². The molecule has 0 unspecified atom stereocenters. The minimum atomic E-state index is 0.121. The van der Waals surface area contributed by atoms with Gasteiger partial charge < -0.3 is 10.1 Å². The maximum absolute atomic E-state index is 11.7. The van der Waals surface area contributed by atoms with Gasteiger partial charge in [0.1, 0.15) is 0 Å². The normalized spacial score (nSPS) is 16.0. The van der Waals surface area contributed by atoms with Crippen molar-refractivity contribution < 1.29 is 9.53 Å². The van der Waals surface area contributed by atoms with Crippen LogP contribution in [-0.4, -0.2) is 55.2 Å². The van der Waals surface area contributed by atoms with Gasteiger partial charge in [0.05, 0.1) is 13.2 Å². The van der Waals surface area contributed by atoms with Crippen LogP contribution in [0.3, 0.4) is 0 Å². The molecule has 2 rings (SSSR count). The van der Waals surface area contributed by atoms with E-state index in [0.717, 1.165) is 57.8 Å². The Morgan fingerprint density at radius 1 is 1.40 bits per heavy atom. The van der Waals surface area contributed by atoms with Gasteiger partial charge in [0.2, 0.25) is 5.91 Å². The van der Waals surface area contributed by atoms with Crippen molar-refractivity contribution in [1.29, 1.82) is 0 Å². The van der Waals surface area contributed by atoms with Crippen LogP contribution >= 0.6 is 0 Å². The molecule has 1 saturated heterocycles. The first-order valence-corrected chi connectivity index (χ1v) is 7.30. The predicted octanol–water partition coefficient (Wildman–Crippen LogP) is 0.853. The van der Waals surface area contributed by atoms with Gasteiger partial charge in [0, 0.05) is 38.4 Å². The lowest BCUT2D eigenvalue weighted by Crippen LogP contribution is -2.38. The van der Waals surface area contributed by atoms with Crippen molar-refractivity contribution >= 4 is 5.91 Å². The van der Waals surface area contributed by atoms with Crippen molar-refractivity contribution in [2.75, 3.05) is 39.4 Å². The molecule has 20 heavy (non-hydrogen) atoms. The molecule has 1 aliphatic rings. The molecular formula is C15H23N3O2. The van der Waals surface area contributed by atoms with Crippen molar-refractivity contribution in [2.45, 2.75) is 19.3 Å². The van der Waals surface area contributed by atoms with Gasteiger partial charge in [-0.15, -0.1) is 0 Å². The Morgan fingerprint density at radius 3 is 3.00 bits per heavy atom. The van der Waals surface area contributed by atoms with E-state index in [9.17, 15) is 4.79 Å². The third-order valence-corrected chi connectivity index (χ3v) is 3.44. The topological polar surface area (TPSA) is 54.5 Å². The summed E-state index contributed by atoms with van der Waals surface area (Å²) in [5, 5.41) is 2.98. The summed E-state index contributed by atoms with van der Waals surface area (Å²) in [6.45, 7) is 5.47. The summed E-state index contributed by atoms with van der Waals surface area (Å²) < 4.78 is 5.30. The van der Waals surface area contributed by atoms with Crippen LogP contribution in [0.15, 0.2) is 24.5 Å². The smallest absolute Gasteiger partial charge is 0.220 e. The highest BCUT2D eigenvalue weighted by atomic mass is 16.5. The number of morpholine rings is 1. The van der Waals surface area contributed by atoms with Gasteiger partial charge in [-0.1, -0.05) is 6.07 Å². The number of ether oxygens (including phenoxy) is 1. The Labute approximate surface area is 120 Å². The van der Waals surface area contributed by atoms with E-state index in [1.165, 1.54) is 0 Å². The minimum absolute atomic E-state index is 0.121. The number of pyridine rings is 1. The second-order valence-electron chi connectivity index (χ2n) is 5.02. The van der Waals surface area contributed by atoms with Crippen molar-refractivity contribution in [1.82, 2.24) is 15.2 Å². The average Bonchev–Trinajstić information content (AvgIpc) is 2.52. The summed E-state index contributed by atoms with van der Waals surface area (Å²) in [6, 6.07) is 3.90. The number of hydrogen-bond acceptors (Lipinski definition) is 4. The van der Waals surface area contributed by atoms with Crippen molar-refractivity contribution in [2.24, 2.45) is 0 Å². The standard InChI is InChI=1S/C15H23N3O2/c19-15(5-4-14-3-1-6-16-13-14)17-7-2-8-18-9-11-20-12-10-18/h1,3,6,13H,2,4-5,7-12H2,(H,17,19). The van der Waals surface area contributed by atoms with E-state index >= 15 is 0 Å². The van der Waals surface area contributed by atoms with Gasteiger partial charge in [-0.2, -0.15) is 0 Å². The van der Waals surface area contributed by atoms with Gasteiger partial charge in [-0.3, -0.25) is 14.7 Å². The largest absolute Gasteiger partial charge is 0.379 e. The molecule has 1 amide bonds. The summed E-state index contributed by atoms with van der Waals surface area (Å²) in [7, 11) is 0. The molecule has 0 saturated carbocycles. The number of nitrogens with one attached hydrogen (secondary N) is 1. The second kappa shape index (κ2) is 8.66. The van der Waals surface area contributed by atoms with Crippen LogP contribution in [0.2, 0.25) is 0 Å². The number of carbonyl (C=O) groups is 1. The van der Waals surface area contributed by atoms with Gasteiger partial charge in [0.15, 0.2) is 0 Å². The Morgan fingerprint density at radius 2 is 2.25 bits per heavy atom. The predicted molar refractivity (Wildman–Crippen MR) is 77.4 cm³/mol. The van der Waals surface area contributed by atoms with Crippen LogP contribution in [0.4, 0.5) is 0 Å². The highest BCUT2D eigenvalue weighted by molar-refractivity contribution is 5.76. The number of amides is 1. The zero-order valence-electron chi connectivity index (χ0n) is 11.9. The quantitative estimate of drug-likeness (QED) is 0.751. The minimum Gasteiger partial charge on any atom is -0.379 e.